The molecule has 0 saturated carbocycles. The molecule has 0 bridgehead atoms. The summed E-state index contributed by atoms with van der Waals surface area (Å²) in [6.45, 7) is 4.06. The fourth-order valence-corrected chi connectivity index (χ4v) is 2.29. The predicted molar refractivity (Wildman–Crippen MR) is 103 cm³/mol. The van der Waals surface area contributed by atoms with Gasteiger partial charge in [0.1, 0.15) is 11.5 Å². The molecule has 1 N–H and O–H groups in total. The summed E-state index contributed by atoms with van der Waals surface area (Å²) in [5.74, 6) is 0.453. The molecule has 6 heteroatoms. The Kier molecular flexibility index (Phi) is 7.67. The molecular weight excluding hydrogens is 346 g/mol. The molecule has 0 fully saturated rings. The highest BCUT2D eigenvalue weighted by atomic mass is 16.5. The molecule has 0 aliphatic carbocycles. The highest BCUT2D eigenvalue weighted by molar-refractivity contribution is 5.96. The van der Waals surface area contributed by atoms with Gasteiger partial charge in [-0.2, -0.15) is 0 Å². The Balaban J connectivity index is 1.96. The normalized spacial score (nSPS) is 11.4. The first-order valence-corrected chi connectivity index (χ1v) is 8.92. The average Bonchev–Trinajstić information content (AvgIpc) is 2.68. The minimum atomic E-state index is -0.725. The molecule has 0 spiro atoms. The second-order valence-electron chi connectivity index (χ2n) is 6.00. The van der Waals surface area contributed by atoms with Crippen molar-refractivity contribution in [2.75, 3.05) is 19.0 Å². The molecular formula is C21H25NO5. The lowest BCUT2D eigenvalue weighted by atomic mass is 10.2. The van der Waals surface area contributed by atoms with Gasteiger partial charge < -0.3 is 19.5 Å². The summed E-state index contributed by atoms with van der Waals surface area (Å²) >= 11 is 0. The van der Waals surface area contributed by atoms with Gasteiger partial charge in [0.2, 0.25) is 0 Å². The summed E-state index contributed by atoms with van der Waals surface area (Å²) in [7, 11) is 1.56. The summed E-state index contributed by atoms with van der Waals surface area (Å²) in [6.07, 6.45) is 1.05. The van der Waals surface area contributed by atoms with Crippen LogP contribution in [-0.2, 0) is 9.53 Å². The topological polar surface area (TPSA) is 73.9 Å². The van der Waals surface area contributed by atoms with E-state index in [2.05, 4.69) is 5.32 Å². The van der Waals surface area contributed by atoms with E-state index in [9.17, 15) is 9.59 Å². The second kappa shape index (κ2) is 10.2. The summed E-state index contributed by atoms with van der Waals surface area (Å²) in [6, 6.07) is 13.7. The fourth-order valence-electron chi connectivity index (χ4n) is 2.29. The number of esters is 1. The SMILES string of the molecule is CCCCOC(=O)c1cccc(NC(=O)C(C)Oc2cccc(OC)c2)c1. The van der Waals surface area contributed by atoms with Crippen molar-refractivity contribution in [3.8, 4) is 11.5 Å². The molecule has 0 radical (unpaired) electrons. The molecule has 2 aromatic rings. The maximum absolute atomic E-state index is 12.4. The van der Waals surface area contributed by atoms with E-state index in [0.29, 0.717) is 29.4 Å². The molecule has 0 aliphatic rings. The highest BCUT2D eigenvalue weighted by Gasteiger charge is 2.16. The van der Waals surface area contributed by atoms with E-state index in [0.717, 1.165) is 12.8 Å². The third kappa shape index (κ3) is 6.33. The molecule has 0 heterocycles. The van der Waals surface area contributed by atoms with E-state index in [1.54, 1.807) is 62.6 Å². The van der Waals surface area contributed by atoms with Gasteiger partial charge in [-0.3, -0.25) is 4.79 Å². The number of hydrogen-bond donors (Lipinski definition) is 1. The molecule has 1 atom stereocenters. The number of carbonyl (C=O) groups is 2. The Morgan fingerprint density at radius 3 is 2.56 bits per heavy atom. The number of nitrogens with one attached hydrogen (secondary N) is 1. The van der Waals surface area contributed by atoms with Crippen LogP contribution in [0, 0.1) is 0 Å². The van der Waals surface area contributed by atoms with Crippen LogP contribution in [0.5, 0.6) is 11.5 Å². The Bertz CT molecular complexity index is 775. The standard InChI is InChI=1S/C21H25NO5/c1-4-5-12-26-21(24)16-8-6-9-17(13-16)22-20(23)15(2)27-19-11-7-10-18(14-19)25-3/h6-11,13-15H,4-5,12H2,1-3H3,(H,22,23). The maximum atomic E-state index is 12.4. The Hall–Kier alpha value is -3.02. The quantitative estimate of drug-likeness (QED) is 0.531. The molecule has 0 aliphatic heterocycles. The van der Waals surface area contributed by atoms with Gasteiger partial charge in [0.15, 0.2) is 6.10 Å². The molecule has 1 amide bonds. The van der Waals surface area contributed by atoms with Crippen LogP contribution in [0.4, 0.5) is 5.69 Å². The zero-order chi connectivity index (χ0) is 19.6. The third-order valence-corrected chi connectivity index (χ3v) is 3.82. The molecule has 1 unspecified atom stereocenters. The molecule has 2 rings (SSSR count). The van der Waals surface area contributed by atoms with Crippen molar-refractivity contribution in [1.29, 1.82) is 0 Å². The molecule has 0 aromatic heterocycles. The van der Waals surface area contributed by atoms with Gasteiger partial charge in [-0.05, 0) is 43.7 Å². The number of unbranched alkanes of at least 4 members (excludes halogenated alkanes) is 1. The first kappa shape index (κ1) is 20.3. The maximum Gasteiger partial charge on any atom is 0.338 e. The lowest BCUT2D eigenvalue weighted by molar-refractivity contribution is -0.122. The number of rotatable bonds is 9. The first-order chi connectivity index (χ1) is 13.0. The second-order valence-corrected chi connectivity index (χ2v) is 6.00. The molecule has 144 valence electrons. The minimum Gasteiger partial charge on any atom is -0.497 e. The van der Waals surface area contributed by atoms with Gasteiger partial charge in [-0.15, -0.1) is 0 Å². The zero-order valence-electron chi connectivity index (χ0n) is 15.9. The van der Waals surface area contributed by atoms with Crippen molar-refractivity contribution in [2.24, 2.45) is 0 Å². The third-order valence-electron chi connectivity index (χ3n) is 3.82. The van der Waals surface area contributed by atoms with E-state index < -0.39 is 12.1 Å². The van der Waals surface area contributed by atoms with E-state index in [1.807, 2.05) is 6.92 Å². The Morgan fingerprint density at radius 2 is 1.81 bits per heavy atom. The minimum absolute atomic E-state index is 0.325. The molecule has 2 aromatic carbocycles. The number of benzene rings is 2. The highest BCUT2D eigenvalue weighted by Crippen LogP contribution is 2.20. The fraction of sp³-hybridized carbons (Fsp3) is 0.333. The summed E-state index contributed by atoms with van der Waals surface area (Å²) in [4.78, 5) is 24.4. The lowest BCUT2D eigenvalue weighted by Gasteiger charge is -2.15. The summed E-state index contributed by atoms with van der Waals surface area (Å²) in [5.41, 5.74) is 0.899. The number of hydrogen-bond acceptors (Lipinski definition) is 5. The van der Waals surface area contributed by atoms with E-state index in [1.165, 1.54) is 0 Å². The largest absolute Gasteiger partial charge is 0.497 e. The molecule has 0 saturated heterocycles. The van der Waals surface area contributed by atoms with Crippen molar-refractivity contribution in [3.63, 3.8) is 0 Å². The number of anilines is 1. The van der Waals surface area contributed by atoms with Crippen molar-refractivity contribution >= 4 is 17.6 Å². The van der Waals surface area contributed by atoms with E-state index >= 15 is 0 Å². The summed E-state index contributed by atoms with van der Waals surface area (Å²) in [5, 5.41) is 2.75. The van der Waals surface area contributed by atoms with Gasteiger partial charge in [0.05, 0.1) is 19.3 Å². The van der Waals surface area contributed by atoms with E-state index in [-0.39, 0.29) is 5.91 Å². The average molecular weight is 371 g/mol. The van der Waals surface area contributed by atoms with Gasteiger partial charge >= 0.3 is 5.97 Å². The van der Waals surface area contributed by atoms with Crippen molar-refractivity contribution in [3.05, 3.63) is 54.1 Å². The lowest BCUT2D eigenvalue weighted by Crippen LogP contribution is -2.30. The smallest absolute Gasteiger partial charge is 0.338 e. The molecule has 6 nitrogen and oxygen atoms in total. The molecule has 27 heavy (non-hydrogen) atoms. The van der Waals surface area contributed by atoms with Gasteiger partial charge in [0, 0.05) is 11.8 Å². The first-order valence-electron chi connectivity index (χ1n) is 8.92. The van der Waals surface area contributed by atoms with Crippen LogP contribution in [0.25, 0.3) is 0 Å². The van der Waals surface area contributed by atoms with Crippen molar-refractivity contribution in [1.82, 2.24) is 0 Å². The van der Waals surface area contributed by atoms with Gasteiger partial charge in [-0.1, -0.05) is 25.5 Å². The summed E-state index contributed by atoms with van der Waals surface area (Å²) < 4.78 is 16.0. The number of amides is 1. The Labute approximate surface area is 159 Å². The van der Waals surface area contributed by atoms with Crippen LogP contribution >= 0.6 is 0 Å². The number of carbonyl (C=O) groups excluding carboxylic acids is 2. The zero-order valence-corrected chi connectivity index (χ0v) is 15.9. The van der Waals surface area contributed by atoms with Crippen LogP contribution in [0.2, 0.25) is 0 Å². The Morgan fingerprint density at radius 1 is 1.07 bits per heavy atom. The number of ether oxygens (including phenoxy) is 3. The van der Waals surface area contributed by atoms with Crippen LogP contribution in [-0.4, -0.2) is 31.7 Å². The van der Waals surface area contributed by atoms with Crippen molar-refractivity contribution in [2.45, 2.75) is 32.8 Å². The van der Waals surface area contributed by atoms with Crippen molar-refractivity contribution < 1.29 is 23.8 Å². The van der Waals surface area contributed by atoms with Gasteiger partial charge in [0.25, 0.3) is 5.91 Å². The van der Waals surface area contributed by atoms with Crippen LogP contribution < -0.4 is 14.8 Å². The van der Waals surface area contributed by atoms with Gasteiger partial charge in [-0.25, -0.2) is 4.79 Å². The van der Waals surface area contributed by atoms with Crippen LogP contribution in [0.3, 0.4) is 0 Å². The monoisotopic (exact) mass is 371 g/mol. The predicted octanol–water partition coefficient (Wildman–Crippen LogP) is 4.06. The van der Waals surface area contributed by atoms with Crippen LogP contribution in [0.1, 0.15) is 37.0 Å². The number of methoxy groups -OCH3 is 1. The van der Waals surface area contributed by atoms with Crippen LogP contribution in [0.15, 0.2) is 48.5 Å². The van der Waals surface area contributed by atoms with E-state index in [4.69, 9.17) is 14.2 Å².